The Morgan fingerprint density at radius 1 is 0.833 bits per heavy atom. The van der Waals surface area contributed by atoms with Crippen molar-refractivity contribution >= 4 is 18.0 Å². The van der Waals surface area contributed by atoms with Gasteiger partial charge < -0.3 is 19.7 Å². The first-order valence-corrected chi connectivity index (χ1v) is 12.2. The second-order valence-electron chi connectivity index (χ2n) is 8.70. The standard InChI is InChI=1S/C29H30N2O5/c1-2-35-29(34)36-26-14-12-24(13-15-26)27(32)30-20-21-16-18-31(19-17-21)28(33)25-10-8-23(9-11-25)22-6-4-3-5-7-22/h3-15,21H,2,16-20H2,1H3,(H,30,32). The number of piperidine rings is 1. The number of ether oxygens (including phenoxy) is 2. The minimum absolute atomic E-state index is 0.0437. The van der Waals surface area contributed by atoms with Gasteiger partial charge in [-0.25, -0.2) is 4.79 Å². The Hall–Kier alpha value is -4.13. The average molecular weight is 487 g/mol. The molecule has 1 fully saturated rings. The third-order valence-electron chi connectivity index (χ3n) is 6.27. The molecule has 3 aromatic carbocycles. The molecule has 4 rings (SSSR count). The van der Waals surface area contributed by atoms with E-state index in [1.54, 1.807) is 31.2 Å². The van der Waals surface area contributed by atoms with Gasteiger partial charge in [-0.1, -0.05) is 42.5 Å². The molecule has 1 saturated heterocycles. The summed E-state index contributed by atoms with van der Waals surface area (Å²) in [6.07, 6.45) is 0.893. The van der Waals surface area contributed by atoms with E-state index in [0.717, 1.165) is 24.0 Å². The van der Waals surface area contributed by atoms with Crippen molar-refractivity contribution in [2.45, 2.75) is 19.8 Å². The zero-order valence-electron chi connectivity index (χ0n) is 20.3. The smallest absolute Gasteiger partial charge is 0.434 e. The van der Waals surface area contributed by atoms with E-state index in [1.807, 2.05) is 47.4 Å². The molecular weight excluding hydrogens is 456 g/mol. The molecule has 2 amide bonds. The molecular formula is C29H30N2O5. The maximum absolute atomic E-state index is 13.0. The first kappa shape index (κ1) is 25.0. The van der Waals surface area contributed by atoms with Crippen LogP contribution in [0, 0.1) is 5.92 Å². The number of benzene rings is 3. The van der Waals surface area contributed by atoms with E-state index in [2.05, 4.69) is 17.4 Å². The fourth-order valence-corrected chi connectivity index (χ4v) is 4.22. The molecule has 0 aromatic heterocycles. The Balaban J connectivity index is 1.22. The Labute approximate surface area is 211 Å². The van der Waals surface area contributed by atoms with Gasteiger partial charge in [0, 0.05) is 30.8 Å². The predicted octanol–water partition coefficient (Wildman–Crippen LogP) is 5.17. The molecule has 1 heterocycles. The van der Waals surface area contributed by atoms with Crippen molar-refractivity contribution in [2.24, 2.45) is 5.92 Å². The SMILES string of the molecule is CCOC(=O)Oc1ccc(C(=O)NCC2CCN(C(=O)c3ccc(-c4ccccc4)cc3)CC2)cc1. The van der Waals surface area contributed by atoms with Crippen LogP contribution >= 0.6 is 0 Å². The fraction of sp³-hybridized carbons (Fsp3) is 0.276. The van der Waals surface area contributed by atoms with E-state index < -0.39 is 6.16 Å². The predicted molar refractivity (Wildman–Crippen MR) is 137 cm³/mol. The van der Waals surface area contributed by atoms with Gasteiger partial charge in [-0.15, -0.1) is 0 Å². The van der Waals surface area contributed by atoms with E-state index in [4.69, 9.17) is 9.47 Å². The molecule has 0 saturated carbocycles. The first-order valence-electron chi connectivity index (χ1n) is 12.2. The number of carbonyl (C=O) groups is 3. The van der Waals surface area contributed by atoms with E-state index >= 15 is 0 Å². The zero-order valence-corrected chi connectivity index (χ0v) is 20.3. The van der Waals surface area contributed by atoms with Gasteiger partial charge in [0.05, 0.1) is 6.61 Å². The van der Waals surface area contributed by atoms with Gasteiger partial charge in [0.15, 0.2) is 0 Å². The van der Waals surface area contributed by atoms with E-state index in [-0.39, 0.29) is 18.4 Å². The van der Waals surface area contributed by atoms with Gasteiger partial charge in [-0.2, -0.15) is 0 Å². The minimum atomic E-state index is -0.774. The first-order chi connectivity index (χ1) is 17.5. The quantitative estimate of drug-likeness (QED) is 0.368. The van der Waals surface area contributed by atoms with E-state index in [0.29, 0.717) is 42.4 Å². The lowest BCUT2D eigenvalue weighted by molar-refractivity contribution is 0.0684. The molecule has 1 aliphatic rings. The van der Waals surface area contributed by atoms with Crippen molar-refractivity contribution in [3.63, 3.8) is 0 Å². The molecule has 7 nitrogen and oxygen atoms in total. The third-order valence-corrected chi connectivity index (χ3v) is 6.27. The second-order valence-corrected chi connectivity index (χ2v) is 8.70. The number of hydrogen-bond acceptors (Lipinski definition) is 5. The molecule has 0 radical (unpaired) electrons. The number of carbonyl (C=O) groups excluding carboxylic acids is 3. The second kappa shape index (κ2) is 12.0. The summed E-state index contributed by atoms with van der Waals surface area (Å²) in [6, 6.07) is 24.2. The Morgan fingerprint density at radius 3 is 2.08 bits per heavy atom. The lowest BCUT2D eigenvalue weighted by atomic mass is 9.96. The molecule has 1 N–H and O–H groups in total. The topological polar surface area (TPSA) is 84.9 Å². The molecule has 1 aliphatic heterocycles. The summed E-state index contributed by atoms with van der Waals surface area (Å²) < 4.78 is 9.74. The van der Waals surface area contributed by atoms with Crippen LogP contribution in [0.25, 0.3) is 11.1 Å². The maximum atomic E-state index is 13.0. The lowest BCUT2D eigenvalue weighted by Crippen LogP contribution is -2.41. The number of nitrogens with one attached hydrogen (secondary N) is 1. The lowest BCUT2D eigenvalue weighted by Gasteiger charge is -2.32. The Morgan fingerprint density at radius 2 is 1.44 bits per heavy atom. The Bertz CT molecular complexity index is 1170. The summed E-state index contributed by atoms with van der Waals surface area (Å²) >= 11 is 0. The highest BCUT2D eigenvalue weighted by molar-refractivity contribution is 5.95. The molecule has 3 aromatic rings. The highest BCUT2D eigenvalue weighted by atomic mass is 16.7. The number of nitrogens with zero attached hydrogens (tertiary/aromatic N) is 1. The van der Waals surface area contributed by atoms with E-state index in [9.17, 15) is 14.4 Å². The summed E-state index contributed by atoms with van der Waals surface area (Å²) in [6.45, 7) is 3.81. The summed E-state index contributed by atoms with van der Waals surface area (Å²) in [5.41, 5.74) is 3.39. The monoisotopic (exact) mass is 486 g/mol. The van der Waals surface area contributed by atoms with Gasteiger partial charge in [0.25, 0.3) is 11.8 Å². The zero-order chi connectivity index (χ0) is 25.3. The van der Waals surface area contributed by atoms with Crippen molar-refractivity contribution in [2.75, 3.05) is 26.2 Å². The van der Waals surface area contributed by atoms with Gasteiger partial charge in [0.2, 0.25) is 0 Å². The highest BCUT2D eigenvalue weighted by Crippen LogP contribution is 2.22. The molecule has 0 spiro atoms. The Kier molecular flexibility index (Phi) is 8.34. The van der Waals surface area contributed by atoms with Crippen molar-refractivity contribution in [1.82, 2.24) is 10.2 Å². The van der Waals surface area contributed by atoms with Gasteiger partial charge >= 0.3 is 6.16 Å². The number of likely N-dealkylation sites (tertiary alicyclic amines) is 1. The van der Waals surface area contributed by atoms with Gasteiger partial charge in [0.1, 0.15) is 5.75 Å². The minimum Gasteiger partial charge on any atom is -0.434 e. The molecule has 186 valence electrons. The van der Waals surface area contributed by atoms with Crippen LogP contribution in [0.3, 0.4) is 0 Å². The van der Waals surface area contributed by atoms with Crippen LogP contribution in [-0.2, 0) is 4.74 Å². The third kappa shape index (κ3) is 6.50. The van der Waals surface area contributed by atoms with Crippen LogP contribution in [0.2, 0.25) is 0 Å². The van der Waals surface area contributed by atoms with Crippen molar-refractivity contribution in [3.8, 4) is 16.9 Å². The van der Waals surface area contributed by atoms with Crippen LogP contribution in [0.5, 0.6) is 5.75 Å². The molecule has 0 bridgehead atoms. The van der Waals surface area contributed by atoms with E-state index in [1.165, 1.54) is 0 Å². The van der Waals surface area contributed by atoms with Crippen LogP contribution in [-0.4, -0.2) is 49.1 Å². The van der Waals surface area contributed by atoms with Crippen molar-refractivity contribution < 1.29 is 23.9 Å². The summed E-state index contributed by atoms with van der Waals surface area (Å²) in [7, 11) is 0. The number of hydrogen-bond donors (Lipinski definition) is 1. The average Bonchev–Trinajstić information content (AvgIpc) is 2.93. The maximum Gasteiger partial charge on any atom is 0.513 e. The molecule has 0 unspecified atom stereocenters. The summed E-state index contributed by atoms with van der Waals surface area (Å²) in [5.74, 6) is 0.485. The molecule has 7 heteroatoms. The van der Waals surface area contributed by atoms with Gasteiger partial charge in [-0.3, -0.25) is 9.59 Å². The van der Waals surface area contributed by atoms with Crippen LogP contribution < -0.4 is 10.1 Å². The van der Waals surface area contributed by atoms with Crippen LogP contribution in [0.15, 0.2) is 78.9 Å². The van der Waals surface area contributed by atoms with Crippen LogP contribution in [0.1, 0.15) is 40.5 Å². The van der Waals surface area contributed by atoms with Crippen molar-refractivity contribution in [1.29, 1.82) is 0 Å². The summed E-state index contributed by atoms with van der Waals surface area (Å²) in [4.78, 5) is 38.7. The molecule has 0 atom stereocenters. The van der Waals surface area contributed by atoms with Gasteiger partial charge in [-0.05, 0) is 73.2 Å². The largest absolute Gasteiger partial charge is 0.513 e. The number of rotatable bonds is 7. The van der Waals surface area contributed by atoms with Crippen LogP contribution in [0.4, 0.5) is 4.79 Å². The molecule has 36 heavy (non-hydrogen) atoms. The van der Waals surface area contributed by atoms with Crippen molar-refractivity contribution in [3.05, 3.63) is 90.0 Å². The highest BCUT2D eigenvalue weighted by Gasteiger charge is 2.24. The number of amides is 2. The molecule has 0 aliphatic carbocycles. The fourth-order valence-electron chi connectivity index (χ4n) is 4.22. The normalized spacial score (nSPS) is 13.6. The summed E-state index contributed by atoms with van der Waals surface area (Å²) in [5, 5.41) is 2.97.